The summed E-state index contributed by atoms with van der Waals surface area (Å²) < 4.78 is 46.2. The molecule has 2 aromatic carbocycles. The highest BCUT2D eigenvalue weighted by Crippen LogP contribution is 2.29. The van der Waals surface area contributed by atoms with Crippen LogP contribution in [-0.2, 0) is 10.0 Å². The van der Waals surface area contributed by atoms with Crippen LogP contribution in [0.4, 0.5) is 4.39 Å². The Hall–Kier alpha value is -1.96. The fourth-order valence-electron chi connectivity index (χ4n) is 3.18. The van der Waals surface area contributed by atoms with Crippen LogP contribution in [0.3, 0.4) is 0 Å². The first-order chi connectivity index (χ1) is 12.3. The summed E-state index contributed by atoms with van der Waals surface area (Å²) in [5.74, 6) is 0.358. The van der Waals surface area contributed by atoms with Crippen LogP contribution >= 0.6 is 0 Å². The smallest absolute Gasteiger partial charge is 0.243 e. The number of likely N-dealkylation sites (N-methyl/N-ethyl adjacent to an activating group) is 1. The highest BCUT2D eigenvalue weighted by molar-refractivity contribution is 7.89. The van der Waals surface area contributed by atoms with Gasteiger partial charge in [-0.05, 0) is 55.4 Å². The van der Waals surface area contributed by atoms with Crippen molar-refractivity contribution in [3.8, 4) is 5.75 Å². The van der Waals surface area contributed by atoms with Crippen LogP contribution in [0.5, 0.6) is 5.75 Å². The molecule has 26 heavy (non-hydrogen) atoms. The topological polar surface area (TPSA) is 49.9 Å². The van der Waals surface area contributed by atoms with Crippen molar-refractivity contribution in [2.24, 2.45) is 0 Å². The highest BCUT2D eigenvalue weighted by atomic mass is 32.2. The zero-order valence-electron chi connectivity index (χ0n) is 15.1. The van der Waals surface area contributed by atoms with E-state index in [4.69, 9.17) is 4.74 Å². The molecule has 1 atom stereocenters. The standard InChI is InChI=1S/C19H23FN2O3S/c1-14-12-17(8-9-18(14)20)26(23,24)22-11-10-21(2)19(13-22)15-4-6-16(25-3)7-5-15/h4-9,12,19H,10-11,13H2,1-3H3/t19-/m1/s1. The van der Waals surface area contributed by atoms with E-state index in [2.05, 4.69) is 4.90 Å². The van der Waals surface area contributed by atoms with Gasteiger partial charge in [0, 0.05) is 25.7 Å². The van der Waals surface area contributed by atoms with Gasteiger partial charge in [-0.1, -0.05) is 12.1 Å². The first kappa shape index (κ1) is 18.8. The van der Waals surface area contributed by atoms with Crippen molar-refractivity contribution in [2.45, 2.75) is 17.9 Å². The van der Waals surface area contributed by atoms with Crippen molar-refractivity contribution in [2.75, 3.05) is 33.8 Å². The normalized spacial score (nSPS) is 19.5. The number of halogens is 1. The van der Waals surface area contributed by atoms with Gasteiger partial charge in [-0.3, -0.25) is 4.90 Å². The van der Waals surface area contributed by atoms with Crippen molar-refractivity contribution >= 4 is 10.0 Å². The third-order valence-corrected chi connectivity index (χ3v) is 6.74. The number of hydrogen-bond donors (Lipinski definition) is 0. The number of nitrogens with zero attached hydrogens (tertiary/aromatic N) is 2. The predicted molar refractivity (Wildman–Crippen MR) is 98.3 cm³/mol. The lowest BCUT2D eigenvalue weighted by molar-refractivity contribution is 0.148. The maximum atomic E-state index is 13.5. The monoisotopic (exact) mass is 378 g/mol. The minimum atomic E-state index is -3.66. The van der Waals surface area contributed by atoms with E-state index in [9.17, 15) is 12.8 Å². The Morgan fingerprint density at radius 1 is 1.12 bits per heavy atom. The van der Waals surface area contributed by atoms with E-state index in [1.165, 1.54) is 22.5 Å². The minimum absolute atomic E-state index is 0.0500. The van der Waals surface area contributed by atoms with Crippen molar-refractivity contribution < 1.29 is 17.5 Å². The van der Waals surface area contributed by atoms with Crippen molar-refractivity contribution in [3.63, 3.8) is 0 Å². The van der Waals surface area contributed by atoms with Gasteiger partial charge >= 0.3 is 0 Å². The predicted octanol–water partition coefficient (Wildman–Crippen LogP) is 2.82. The molecule has 5 nitrogen and oxygen atoms in total. The molecule has 1 heterocycles. The van der Waals surface area contributed by atoms with Gasteiger partial charge in [0.2, 0.25) is 10.0 Å². The Labute approximate surface area is 154 Å². The first-order valence-corrected chi connectivity index (χ1v) is 9.87. The molecule has 0 aliphatic carbocycles. The van der Waals surface area contributed by atoms with Gasteiger partial charge < -0.3 is 4.74 Å². The quantitative estimate of drug-likeness (QED) is 0.821. The Balaban J connectivity index is 1.87. The summed E-state index contributed by atoms with van der Waals surface area (Å²) in [6, 6.07) is 11.5. The molecule has 1 saturated heterocycles. The van der Waals surface area contributed by atoms with E-state index in [1.807, 2.05) is 31.3 Å². The number of piperazine rings is 1. The van der Waals surface area contributed by atoms with Crippen molar-refractivity contribution in [1.29, 1.82) is 0 Å². The summed E-state index contributed by atoms with van der Waals surface area (Å²) in [6.45, 7) is 2.94. The van der Waals surface area contributed by atoms with E-state index in [0.717, 1.165) is 11.3 Å². The second-order valence-electron chi connectivity index (χ2n) is 6.54. The lowest BCUT2D eigenvalue weighted by Crippen LogP contribution is -2.48. The molecule has 0 radical (unpaired) electrons. The van der Waals surface area contributed by atoms with E-state index < -0.39 is 15.8 Å². The van der Waals surface area contributed by atoms with E-state index in [1.54, 1.807) is 14.0 Å². The van der Waals surface area contributed by atoms with E-state index in [-0.39, 0.29) is 10.9 Å². The van der Waals surface area contributed by atoms with Crippen LogP contribution in [0.25, 0.3) is 0 Å². The summed E-state index contributed by atoms with van der Waals surface area (Å²) in [4.78, 5) is 2.28. The molecule has 0 aromatic heterocycles. The van der Waals surface area contributed by atoms with Gasteiger partial charge in [0.25, 0.3) is 0 Å². The highest BCUT2D eigenvalue weighted by Gasteiger charge is 2.33. The van der Waals surface area contributed by atoms with Crippen molar-refractivity contribution in [3.05, 3.63) is 59.4 Å². The number of methoxy groups -OCH3 is 1. The molecular formula is C19H23FN2O3S. The lowest BCUT2D eigenvalue weighted by atomic mass is 10.0. The third-order valence-electron chi connectivity index (χ3n) is 4.88. The second kappa shape index (κ2) is 7.34. The molecule has 1 fully saturated rings. The van der Waals surface area contributed by atoms with Gasteiger partial charge in [-0.15, -0.1) is 0 Å². The zero-order valence-corrected chi connectivity index (χ0v) is 16.0. The van der Waals surface area contributed by atoms with Crippen LogP contribution in [0, 0.1) is 12.7 Å². The van der Waals surface area contributed by atoms with Gasteiger partial charge in [0.05, 0.1) is 12.0 Å². The number of benzene rings is 2. The van der Waals surface area contributed by atoms with Gasteiger partial charge in [0.15, 0.2) is 0 Å². The molecule has 0 spiro atoms. The number of sulfonamides is 1. The van der Waals surface area contributed by atoms with Crippen LogP contribution in [0.2, 0.25) is 0 Å². The third kappa shape index (κ3) is 3.60. The fraction of sp³-hybridized carbons (Fsp3) is 0.368. The minimum Gasteiger partial charge on any atom is -0.497 e. The largest absolute Gasteiger partial charge is 0.497 e. The van der Waals surface area contributed by atoms with Crippen LogP contribution in [0.15, 0.2) is 47.4 Å². The van der Waals surface area contributed by atoms with Gasteiger partial charge in [-0.25, -0.2) is 12.8 Å². The Morgan fingerprint density at radius 2 is 1.81 bits per heavy atom. The Bertz CT molecular complexity index is 884. The van der Waals surface area contributed by atoms with Gasteiger partial charge in [0.1, 0.15) is 11.6 Å². The summed E-state index contributed by atoms with van der Waals surface area (Å²) >= 11 is 0. The van der Waals surface area contributed by atoms with E-state index in [0.29, 0.717) is 25.2 Å². The maximum Gasteiger partial charge on any atom is 0.243 e. The number of rotatable bonds is 4. The zero-order chi connectivity index (χ0) is 18.9. The number of hydrogen-bond acceptors (Lipinski definition) is 4. The SMILES string of the molecule is COc1ccc([C@H]2CN(S(=O)(=O)c3ccc(F)c(C)c3)CCN2C)cc1. The summed E-state index contributed by atoms with van der Waals surface area (Å²) in [7, 11) is -0.0643. The van der Waals surface area contributed by atoms with Crippen LogP contribution < -0.4 is 4.74 Å². The van der Waals surface area contributed by atoms with Crippen molar-refractivity contribution in [1.82, 2.24) is 9.21 Å². The molecule has 0 saturated carbocycles. The van der Waals surface area contributed by atoms with Gasteiger partial charge in [-0.2, -0.15) is 4.31 Å². The molecule has 0 bridgehead atoms. The molecule has 7 heteroatoms. The fourth-order valence-corrected chi connectivity index (χ4v) is 4.70. The maximum absolute atomic E-state index is 13.5. The number of aryl methyl sites for hydroxylation is 1. The summed E-state index contributed by atoms with van der Waals surface area (Å²) in [6.07, 6.45) is 0. The summed E-state index contributed by atoms with van der Waals surface area (Å²) in [5, 5.41) is 0. The lowest BCUT2D eigenvalue weighted by Gasteiger charge is -2.39. The Kier molecular flexibility index (Phi) is 5.32. The molecule has 0 N–H and O–H groups in total. The molecule has 3 rings (SSSR count). The summed E-state index contributed by atoms with van der Waals surface area (Å²) in [5.41, 5.74) is 1.36. The molecule has 0 unspecified atom stereocenters. The molecule has 140 valence electrons. The molecule has 1 aliphatic heterocycles. The molecular weight excluding hydrogens is 355 g/mol. The second-order valence-corrected chi connectivity index (χ2v) is 8.48. The Morgan fingerprint density at radius 3 is 2.42 bits per heavy atom. The average molecular weight is 378 g/mol. The molecule has 2 aromatic rings. The van der Waals surface area contributed by atoms with Crippen LogP contribution in [-0.4, -0.2) is 51.4 Å². The van der Waals surface area contributed by atoms with Crippen LogP contribution in [0.1, 0.15) is 17.2 Å². The molecule has 0 amide bonds. The van der Waals surface area contributed by atoms with E-state index >= 15 is 0 Å². The first-order valence-electron chi connectivity index (χ1n) is 8.43. The number of ether oxygens (including phenoxy) is 1. The average Bonchev–Trinajstić information content (AvgIpc) is 2.64. The molecule has 1 aliphatic rings.